The van der Waals surface area contributed by atoms with Crippen molar-refractivity contribution in [1.29, 1.82) is 0 Å². The van der Waals surface area contributed by atoms with Crippen molar-refractivity contribution >= 4 is 21.8 Å². The standard InChI is InChI=1S/C25H33N3O3/c1-18-6-3-4-8-20(18)28-11-10-21-23(25(28)29)19-7-5-9-22(30-2)24(19)27(21)13-12-26-14-16-31-17-15-26/h5,7,9-11,18,20H,3-4,6,8,12-17H2,1-2H3. The van der Waals surface area contributed by atoms with Gasteiger partial charge in [-0.05, 0) is 30.9 Å². The number of rotatable bonds is 5. The van der Waals surface area contributed by atoms with Crippen LogP contribution in [-0.4, -0.2) is 54.0 Å². The summed E-state index contributed by atoms with van der Waals surface area (Å²) >= 11 is 0. The van der Waals surface area contributed by atoms with Crippen molar-refractivity contribution in [3.63, 3.8) is 0 Å². The Kier molecular flexibility index (Phi) is 5.76. The average Bonchev–Trinajstić information content (AvgIpc) is 3.14. The van der Waals surface area contributed by atoms with E-state index >= 15 is 0 Å². The Morgan fingerprint density at radius 1 is 1.10 bits per heavy atom. The number of aromatic nitrogens is 2. The summed E-state index contributed by atoms with van der Waals surface area (Å²) in [6, 6.07) is 8.50. The third-order valence-electron chi connectivity index (χ3n) is 7.31. The fraction of sp³-hybridized carbons (Fsp3) is 0.560. The summed E-state index contributed by atoms with van der Waals surface area (Å²) in [4.78, 5) is 16.2. The van der Waals surface area contributed by atoms with E-state index in [1.165, 1.54) is 19.3 Å². The molecule has 2 aliphatic rings. The molecule has 1 saturated carbocycles. The van der Waals surface area contributed by atoms with E-state index in [-0.39, 0.29) is 5.56 Å². The van der Waals surface area contributed by atoms with Crippen LogP contribution in [0.2, 0.25) is 0 Å². The normalized spacial score (nSPS) is 22.9. The molecule has 2 aromatic heterocycles. The summed E-state index contributed by atoms with van der Waals surface area (Å²) < 4.78 is 15.5. The molecule has 0 spiro atoms. The Morgan fingerprint density at radius 2 is 1.90 bits per heavy atom. The van der Waals surface area contributed by atoms with Gasteiger partial charge < -0.3 is 18.6 Å². The molecule has 6 heteroatoms. The molecule has 0 N–H and O–H groups in total. The van der Waals surface area contributed by atoms with Gasteiger partial charge >= 0.3 is 0 Å². The minimum Gasteiger partial charge on any atom is -0.495 e. The van der Waals surface area contributed by atoms with Crippen LogP contribution in [0.4, 0.5) is 0 Å². The van der Waals surface area contributed by atoms with Crippen LogP contribution in [0.25, 0.3) is 21.8 Å². The van der Waals surface area contributed by atoms with Crippen molar-refractivity contribution < 1.29 is 9.47 Å². The van der Waals surface area contributed by atoms with E-state index in [0.717, 1.165) is 73.4 Å². The van der Waals surface area contributed by atoms with Crippen LogP contribution in [0.5, 0.6) is 5.75 Å². The highest BCUT2D eigenvalue weighted by Gasteiger charge is 2.26. The average molecular weight is 424 g/mol. The summed E-state index contributed by atoms with van der Waals surface area (Å²) in [7, 11) is 1.71. The first-order chi connectivity index (χ1) is 15.2. The van der Waals surface area contributed by atoms with Gasteiger partial charge in [0.1, 0.15) is 5.75 Å². The Labute approximate surface area is 183 Å². The first kappa shape index (κ1) is 20.6. The zero-order valence-electron chi connectivity index (χ0n) is 18.7. The van der Waals surface area contributed by atoms with Crippen molar-refractivity contribution in [2.75, 3.05) is 40.0 Å². The fourth-order valence-corrected chi connectivity index (χ4v) is 5.58. The highest BCUT2D eigenvalue weighted by Crippen LogP contribution is 2.36. The predicted octanol–water partition coefficient (Wildman–Crippen LogP) is 4.05. The minimum absolute atomic E-state index is 0.139. The van der Waals surface area contributed by atoms with Crippen molar-refractivity contribution in [2.24, 2.45) is 5.92 Å². The van der Waals surface area contributed by atoms with Crippen LogP contribution >= 0.6 is 0 Å². The second-order valence-corrected chi connectivity index (χ2v) is 9.08. The highest BCUT2D eigenvalue weighted by atomic mass is 16.5. The van der Waals surface area contributed by atoms with E-state index < -0.39 is 0 Å². The van der Waals surface area contributed by atoms with Gasteiger partial charge in [-0.25, -0.2) is 0 Å². The van der Waals surface area contributed by atoms with Gasteiger partial charge in [-0.3, -0.25) is 9.69 Å². The quantitative estimate of drug-likeness (QED) is 0.621. The lowest BCUT2D eigenvalue weighted by molar-refractivity contribution is 0.0366. The molecule has 3 heterocycles. The Balaban J connectivity index is 1.64. The molecule has 0 bridgehead atoms. The van der Waals surface area contributed by atoms with Gasteiger partial charge in [0, 0.05) is 43.8 Å². The Bertz CT molecular complexity index is 1130. The minimum atomic E-state index is 0.139. The second-order valence-electron chi connectivity index (χ2n) is 9.08. The summed E-state index contributed by atoms with van der Waals surface area (Å²) in [5.41, 5.74) is 2.18. The summed E-state index contributed by atoms with van der Waals surface area (Å²) in [5, 5.41) is 1.83. The lowest BCUT2D eigenvalue weighted by Crippen LogP contribution is -2.38. The Morgan fingerprint density at radius 3 is 2.68 bits per heavy atom. The van der Waals surface area contributed by atoms with E-state index in [2.05, 4.69) is 28.5 Å². The van der Waals surface area contributed by atoms with Crippen LogP contribution in [-0.2, 0) is 11.3 Å². The number of benzene rings is 1. The maximum Gasteiger partial charge on any atom is 0.260 e. The third kappa shape index (κ3) is 3.66. The summed E-state index contributed by atoms with van der Waals surface area (Å²) in [6.07, 6.45) is 6.80. The molecule has 1 aliphatic heterocycles. The number of pyridine rings is 1. The third-order valence-corrected chi connectivity index (χ3v) is 7.31. The summed E-state index contributed by atoms with van der Waals surface area (Å²) in [5.74, 6) is 1.36. The molecular formula is C25H33N3O3. The highest BCUT2D eigenvalue weighted by molar-refractivity contribution is 6.09. The SMILES string of the molecule is COc1cccc2c3c(=O)n(C4CCCCC4C)ccc3n(CCN3CCOCC3)c12. The molecule has 166 valence electrons. The van der Waals surface area contributed by atoms with Gasteiger partial charge in [0.15, 0.2) is 0 Å². The maximum atomic E-state index is 13.8. The molecule has 31 heavy (non-hydrogen) atoms. The monoisotopic (exact) mass is 423 g/mol. The van der Waals surface area contributed by atoms with Crippen LogP contribution in [0.15, 0.2) is 35.3 Å². The number of hydrogen-bond acceptors (Lipinski definition) is 4. The van der Waals surface area contributed by atoms with E-state index in [0.29, 0.717) is 12.0 Å². The summed E-state index contributed by atoms with van der Waals surface area (Å²) in [6.45, 7) is 7.55. The van der Waals surface area contributed by atoms with Crippen LogP contribution < -0.4 is 10.3 Å². The van der Waals surface area contributed by atoms with Crippen molar-refractivity contribution in [1.82, 2.24) is 14.0 Å². The molecule has 3 aromatic rings. The van der Waals surface area contributed by atoms with Crippen molar-refractivity contribution in [2.45, 2.75) is 45.2 Å². The van der Waals surface area contributed by atoms with Crippen LogP contribution in [0.3, 0.4) is 0 Å². The van der Waals surface area contributed by atoms with Gasteiger partial charge in [-0.1, -0.05) is 31.9 Å². The molecule has 2 unspecified atom stereocenters. The van der Waals surface area contributed by atoms with E-state index in [1.54, 1.807) is 7.11 Å². The van der Waals surface area contributed by atoms with Crippen molar-refractivity contribution in [3.05, 3.63) is 40.8 Å². The first-order valence-corrected chi connectivity index (χ1v) is 11.7. The van der Waals surface area contributed by atoms with Gasteiger partial charge in [-0.2, -0.15) is 0 Å². The van der Waals surface area contributed by atoms with E-state index in [9.17, 15) is 4.79 Å². The van der Waals surface area contributed by atoms with Gasteiger partial charge in [0.05, 0.1) is 36.7 Å². The molecule has 5 rings (SSSR count). The maximum absolute atomic E-state index is 13.8. The molecule has 2 fully saturated rings. The number of methoxy groups -OCH3 is 1. The second kappa shape index (κ2) is 8.67. The van der Waals surface area contributed by atoms with E-state index in [1.807, 2.05) is 22.9 Å². The molecule has 0 radical (unpaired) electrons. The topological polar surface area (TPSA) is 48.6 Å². The van der Waals surface area contributed by atoms with Gasteiger partial charge in [0.25, 0.3) is 5.56 Å². The van der Waals surface area contributed by atoms with Crippen molar-refractivity contribution in [3.8, 4) is 5.75 Å². The molecular weight excluding hydrogens is 390 g/mol. The molecule has 1 saturated heterocycles. The smallest absolute Gasteiger partial charge is 0.260 e. The number of nitrogens with zero attached hydrogens (tertiary/aromatic N) is 3. The Hall–Kier alpha value is -2.31. The van der Waals surface area contributed by atoms with Crippen LogP contribution in [0.1, 0.15) is 38.6 Å². The molecule has 1 aromatic carbocycles. The van der Waals surface area contributed by atoms with Gasteiger partial charge in [-0.15, -0.1) is 0 Å². The molecule has 1 aliphatic carbocycles. The molecule has 6 nitrogen and oxygen atoms in total. The molecule has 0 amide bonds. The predicted molar refractivity (Wildman–Crippen MR) is 124 cm³/mol. The number of ether oxygens (including phenoxy) is 2. The number of morpholine rings is 1. The lowest BCUT2D eigenvalue weighted by atomic mass is 9.85. The number of fused-ring (bicyclic) bond motifs is 3. The fourth-order valence-electron chi connectivity index (χ4n) is 5.58. The van der Waals surface area contributed by atoms with Crippen LogP contribution in [0, 0.1) is 5.92 Å². The number of hydrogen-bond donors (Lipinski definition) is 0. The van der Waals surface area contributed by atoms with Gasteiger partial charge in [0.2, 0.25) is 0 Å². The zero-order chi connectivity index (χ0) is 21.4. The number of para-hydroxylation sites is 1. The zero-order valence-corrected chi connectivity index (χ0v) is 18.7. The molecule has 2 atom stereocenters. The first-order valence-electron chi connectivity index (χ1n) is 11.7. The van der Waals surface area contributed by atoms with E-state index in [4.69, 9.17) is 9.47 Å². The lowest BCUT2D eigenvalue weighted by Gasteiger charge is -2.30. The largest absolute Gasteiger partial charge is 0.495 e.